The molecule has 0 spiro atoms. The molecule has 1 aromatic rings. The number of hydrogen-bond donors (Lipinski definition) is 2. The molecule has 1 aromatic heterocycles. The molecule has 0 aliphatic carbocycles. The standard InChI is InChI=1S/C10H10FN3O/c1-7(15)13-6-2-3-9-8(12)4-5-10(11)14-9/h4-5H,6,12H2,1H3,(H,13,15). The van der Waals surface area contributed by atoms with Gasteiger partial charge in [-0.05, 0) is 18.1 Å². The lowest BCUT2D eigenvalue weighted by molar-refractivity contribution is -0.118. The molecule has 0 unspecified atom stereocenters. The van der Waals surface area contributed by atoms with Crippen LogP contribution >= 0.6 is 0 Å². The number of halogens is 1. The van der Waals surface area contributed by atoms with Crippen molar-refractivity contribution in [3.8, 4) is 11.8 Å². The van der Waals surface area contributed by atoms with Crippen LogP contribution in [0.2, 0.25) is 0 Å². The molecule has 15 heavy (non-hydrogen) atoms. The fourth-order valence-electron chi connectivity index (χ4n) is 0.843. The van der Waals surface area contributed by atoms with Crippen LogP contribution in [-0.4, -0.2) is 17.4 Å². The van der Waals surface area contributed by atoms with Crippen molar-refractivity contribution < 1.29 is 9.18 Å². The highest BCUT2D eigenvalue weighted by molar-refractivity contribution is 5.73. The molecule has 3 N–H and O–H groups in total. The molecule has 0 saturated carbocycles. The monoisotopic (exact) mass is 207 g/mol. The number of nitrogen functional groups attached to an aromatic ring is 1. The number of anilines is 1. The third-order valence-electron chi connectivity index (χ3n) is 1.52. The van der Waals surface area contributed by atoms with Gasteiger partial charge in [-0.1, -0.05) is 5.92 Å². The second kappa shape index (κ2) is 4.96. The van der Waals surface area contributed by atoms with Gasteiger partial charge in [-0.2, -0.15) is 4.39 Å². The average Bonchev–Trinajstić information content (AvgIpc) is 2.17. The Morgan fingerprint density at radius 2 is 2.40 bits per heavy atom. The van der Waals surface area contributed by atoms with E-state index < -0.39 is 5.95 Å². The van der Waals surface area contributed by atoms with Crippen LogP contribution in [0.5, 0.6) is 0 Å². The normalized spacial score (nSPS) is 8.93. The maximum Gasteiger partial charge on any atom is 0.217 e. The fourth-order valence-corrected chi connectivity index (χ4v) is 0.843. The van der Waals surface area contributed by atoms with Crippen molar-refractivity contribution in [3.63, 3.8) is 0 Å². The van der Waals surface area contributed by atoms with Crippen molar-refractivity contribution >= 4 is 11.6 Å². The predicted molar refractivity (Wildman–Crippen MR) is 54.2 cm³/mol. The molecule has 1 rings (SSSR count). The van der Waals surface area contributed by atoms with Crippen LogP contribution in [0, 0.1) is 17.8 Å². The van der Waals surface area contributed by atoms with E-state index >= 15 is 0 Å². The van der Waals surface area contributed by atoms with E-state index in [9.17, 15) is 9.18 Å². The number of aromatic nitrogens is 1. The van der Waals surface area contributed by atoms with Crippen LogP contribution in [0.3, 0.4) is 0 Å². The first-order valence-corrected chi connectivity index (χ1v) is 4.25. The Hall–Kier alpha value is -2.09. The van der Waals surface area contributed by atoms with Gasteiger partial charge in [-0.3, -0.25) is 4.79 Å². The number of carbonyl (C=O) groups excluding carboxylic acids is 1. The quantitative estimate of drug-likeness (QED) is 0.513. The summed E-state index contributed by atoms with van der Waals surface area (Å²) >= 11 is 0. The summed E-state index contributed by atoms with van der Waals surface area (Å²) in [7, 11) is 0. The van der Waals surface area contributed by atoms with Crippen molar-refractivity contribution in [2.24, 2.45) is 0 Å². The zero-order valence-electron chi connectivity index (χ0n) is 8.17. The molecule has 5 heteroatoms. The Labute approximate surface area is 86.7 Å². The third kappa shape index (κ3) is 3.65. The lowest BCUT2D eigenvalue weighted by Crippen LogP contribution is -2.19. The molecular formula is C10H10FN3O. The summed E-state index contributed by atoms with van der Waals surface area (Å²) < 4.78 is 12.7. The first-order chi connectivity index (χ1) is 7.09. The van der Waals surface area contributed by atoms with Gasteiger partial charge >= 0.3 is 0 Å². The van der Waals surface area contributed by atoms with E-state index in [0.29, 0.717) is 5.69 Å². The molecule has 78 valence electrons. The Balaban J connectivity index is 2.71. The minimum absolute atomic E-state index is 0.176. The van der Waals surface area contributed by atoms with E-state index in [-0.39, 0.29) is 18.1 Å². The summed E-state index contributed by atoms with van der Waals surface area (Å²) in [6.45, 7) is 1.57. The summed E-state index contributed by atoms with van der Waals surface area (Å²) in [6.07, 6.45) is 0. The molecule has 0 atom stereocenters. The summed E-state index contributed by atoms with van der Waals surface area (Å²) in [5.41, 5.74) is 6.01. The van der Waals surface area contributed by atoms with Crippen LogP contribution in [0.4, 0.5) is 10.1 Å². The molecule has 0 aromatic carbocycles. The first kappa shape index (κ1) is 11.0. The molecule has 0 saturated heterocycles. The molecule has 0 fully saturated rings. The summed E-state index contributed by atoms with van der Waals surface area (Å²) in [5.74, 6) is 4.37. The van der Waals surface area contributed by atoms with Gasteiger partial charge in [0.15, 0.2) is 0 Å². The van der Waals surface area contributed by atoms with Crippen molar-refractivity contribution in [2.75, 3.05) is 12.3 Å². The Morgan fingerprint density at radius 3 is 3.07 bits per heavy atom. The maximum atomic E-state index is 12.7. The van der Waals surface area contributed by atoms with Crippen molar-refractivity contribution in [1.29, 1.82) is 0 Å². The zero-order valence-corrected chi connectivity index (χ0v) is 8.17. The van der Waals surface area contributed by atoms with Gasteiger partial charge in [-0.15, -0.1) is 0 Å². The number of nitrogens with zero attached hydrogens (tertiary/aromatic N) is 1. The van der Waals surface area contributed by atoms with E-state index in [1.165, 1.54) is 13.0 Å². The molecule has 0 bridgehead atoms. The predicted octanol–water partition coefficient (Wildman–Crippen LogP) is 0.291. The lowest BCUT2D eigenvalue weighted by atomic mass is 10.3. The Bertz CT molecular complexity index is 434. The molecule has 4 nitrogen and oxygen atoms in total. The SMILES string of the molecule is CC(=O)NCC#Cc1nc(F)ccc1N. The molecule has 0 radical (unpaired) electrons. The molecule has 0 aliphatic heterocycles. The molecule has 1 heterocycles. The second-order valence-electron chi connectivity index (χ2n) is 2.78. The van der Waals surface area contributed by atoms with Gasteiger partial charge in [0.05, 0.1) is 12.2 Å². The zero-order chi connectivity index (χ0) is 11.3. The highest BCUT2D eigenvalue weighted by atomic mass is 19.1. The lowest BCUT2D eigenvalue weighted by Gasteiger charge is -1.96. The number of carbonyl (C=O) groups is 1. The minimum atomic E-state index is -0.631. The second-order valence-corrected chi connectivity index (χ2v) is 2.78. The minimum Gasteiger partial charge on any atom is -0.396 e. The average molecular weight is 207 g/mol. The van der Waals surface area contributed by atoms with Crippen LogP contribution in [0.25, 0.3) is 0 Å². The van der Waals surface area contributed by atoms with E-state index in [1.807, 2.05) is 0 Å². The Kier molecular flexibility index (Phi) is 3.63. The van der Waals surface area contributed by atoms with E-state index in [4.69, 9.17) is 5.73 Å². The topological polar surface area (TPSA) is 68.0 Å². The van der Waals surface area contributed by atoms with Gasteiger partial charge in [0, 0.05) is 6.92 Å². The number of hydrogen-bond acceptors (Lipinski definition) is 3. The molecule has 0 aliphatic rings. The van der Waals surface area contributed by atoms with E-state index in [0.717, 1.165) is 6.07 Å². The fraction of sp³-hybridized carbons (Fsp3) is 0.200. The van der Waals surface area contributed by atoms with Crippen LogP contribution in [-0.2, 0) is 4.79 Å². The van der Waals surface area contributed by atoms with E-state index in [2.05, 4.69) is 22.1 Å². The van der Waals surface area contributed by atoms with E-state index in [1.54, 1.807) is 0 Å². The first-order valence-electron chi connectivity index (χ1n) is 4.25. The van der Waals surface area contributed by atoms with Gasteiger partial charge in [0.1, 0.15) is 5.69 Å². The van der Waals surface area contributed by atoms with Crippen molar-refractivity contribution in [1.82, 2.24) is 10.3 Å². The van der Waals surface area contributed by atoms with Gasteiger partial charge in [0.25, 0.3) is 0 Å². The van der Waals surface area contributed by atoms with Crippen LogP contribution in [0.1, 0.15) is 12.6 Å². The van der Waals surface area contributed by atoms with Crippen molar-refractivity contribution in [3.05, 3.63) is 23.8 Å². The highest BCUT2D eigenvalue weighted by Gasteiger charge is 1.98. The Morgan fingerprint density at radius 1 is 1.67 bits per heavy atom. The summed E-state index contributed by atoms with van der Waals surface area (Å²) in [5, 5.41) is 2.47. The number of nitrogens with two attached hydrogens (primary N) is 1. The number of amides is 1. The number of nitrogens with one attached hydrogen (secondary N) is 1. The highest BCUT2D eigenvalue weighted by Crippen LogP contribution is 2.06. The van der Waals surface area contributed by atoms with Crippen molar-refractivity contribution in [2.45, 2.75) is 6.92 Å². The van der Waals surface area contributed by atoms with Gasteiger partial charge in [-0.25, -0.2) is 4.98 Å². The maximum absolute atomic E-state index is 12.7. The van der Waals surface area contributed by atoms with Gasteiger partial charge in [0.2, 0.25) is 11.9 Å². The summed E-state index contributed by atoms with van der Waals surface area (Å²) in [6, 6.07) is 2.55. The number of rotatable bonds is 1. The number of pyridine rings is 1. The smallest absolute Gasteiger partial charge is 0.217 e. The van der Waals surface area contributed by atoms with Gasteiger partial charge < -0.3 is 11.1 Å². The summed E-state index contributed by atoms with van der Waals surface area (Å²) in [4.78, 5) is 14.0. The largest absolute Gasteiger partial charge is 0.396 e. The van der Waals surface area contributed by atoms with Crippen LogP contribution in [0.15, 0.2) is 12.1 Å². The van der Waals surface area contributed by atoms with Crippen LogP contribution < -0.4 is 11.1 Å². The molecular weight excluding hydrogens is 197 g/mol. The third-order valence-corrected chi connectivity index (χ3v) is 1.52. The molecule has 1 amide bonds.